The number of hydrogen-bond acceptors (Lipinski definition) is 3. The van der Waals surface area contributed by atoms with Crippen LogP contribution in [0.5, 0.6) is 0 Å². The summed E-state index contributed by atoms with van der Waals surface area (Å²) in [6.45, 7) is 11.6. The van der Waals surface area contributed by atoms with E-state index >= 15 is 0 Å². The Bertz CT molecular complexity index is 204. The molecule has 112 valence electrons. The molecule has 1 fully saturated rings. The lowest BCUT2D eigenvalue weighted by molar-refractivity contribution is 0.187. The fourth-order valence-electron chi connectivity index (χ4n) is 2.97. The van der Waals surface area contributed by atoms with Crippen LogP contribution in [-0.2, 0) is 9.31 Å². The minimum atomic E-state index is -0.000240. The molecule has 0 aliphatic carbocycles. The maximum absolute atomic E-state index is 5.80. The summed E-state index contributed by atoms with van der Waals surface area (Å²) in [5.74, 6) is 0.548. The van der Waals surface area contributed by atoms with Crippen LogP contribution in [-0.4, -0.2) is 44.9 Å². The molecule has 0 radical (unpaired) electrons. The Morgan fingerprint density at radius 1 is 0.947 bits per heavy atom. The lowest BCUT2D eigenvalue weighted by atomic mass is 9.67. The Hall–Kier alpha value is -0.0551. The molecular weight excluding hydrogens is 237 g/mol. The zero-order valence-electron chi connectivity index (χ0n) is 13.2. The largest absolute Gasteiger partial charge is 0.460 e. The average Bonchev–Trinajstić information content (AvgIpc) is 2.44. The topological polar surface area (TPSA) is 21.7 Å². The van der Waals surface area contributed by atoms with Crippen LogP contribution in [0.2, 0.25) is 5.82 Å². The van der Waals surface area contributed by atoms with Crippen LogP contribution < -0.4 is 0 Å². The van der Waals surface area contributed by atoms with Crippen molar-refractivity contribution in [2.75, 3.05) is 32.8 Å². The first-order valence-corrected chi connectivity index (χ1v) is 8.27. The van der Waals surface area contributed by atoms with Gasteiger partial charge in [0, 0.05) is 13.2 Å². The van der Waals surface area contributed by atoms with E-state index in [9.17, 15) is 0 Å². The normalized spacial score (nSPS) is 18.5. The maximum Gasteiger partial charge on any atom is 0.460 e. The van der Waals surface area contributed by atoms with Crippen molar-refractivity contribution in [2.45, 2.75) is 65.1 Å². The molecular formula is C15H32BNO2. The molecule has 1 saturated heterocycles. The molecule has 1 aliphatic heterocycles. The molecule has 0 bridgehead atoms. The van der Waals surface area contributed by atoms with Gasteiger partial charge in [0.2, 0.25) is 0 Å². The van der Waals surface area contributed by atoms with Gasteiger partial charge in [-0.1, -0.05) is 26.2 Å². The molecule has 1 atom stereocenters. The van der Waals surface area contributed by atoms with Crippen molar-refractivity contribution in [1.82, 2.24) is 4.90 Å². The molecule has 4 heteroatoms. The van der Waals surface area contributed by atoms with Gasteiger partial charge in [-0.05, 0) is 58.6 Å². The maximum atomic E-state index is 5.80. The molecule has 0 N–H and O–H groups in total. The van der Waals surface area contributed by atoms with Crippen LogP contribution in [0.25, 0.3) is 0 Å². The molecule has 1 unspecified atom stereocenters. The zero-order valence-corrected chi connectivity index (χ0v) is 13.2. The van der Waals surface area contributed by atoms with E-state index in [1.54, 1.807) is 0 Å². The van der Waals surface area contributed by atoms with Gasteiger partial charge >= 0.3 is 7.12 Å². The van der Waals surface area contributed by atoms with Crippen molar-refractivity contribution in [3.05, 3.63) is 0 Å². The predicted molar refractivity (Wildman–Crippen MR) is 82.6 cm³/mol. The molecule has 1 heterocycles. The Morgan fingerprint density at radius 3 is 2.11 bits per heavy atom. The molecule has 3 nitrogen and oxygen atoms in total. The van der Waals surface area contributed by atoms with E-state index in [-0.39, 0.29) is 7.12 Å². The van der Waals surface area contributed by atoms with Gasteiger partial charge in [0.05, 0.1) is 0 Å². The third-order valence-corrected chi connectivity index (χ3v) is 3.97. The molecule has 19 heavy (non-hydrogen) atoms. The van der Waals surface area contributed by atoms with Gasteiger partial charge in [-0.2, -0.15) is 0 Å². The Balaban J connectivity index is 2.39. The minimum Gasteiger partial charge on any atom is -0.411 e. The first kappa shape index (κ1) is 17.0. The first-order chi connectivity index (χ1) is 9.31. The van der Waals surface area contributed by atoms with E-state index in [1.165, 1.54) is 58.2 Å². The van der Waals surface area contributed by atoms with E-state index < -0.39 is 0 Å². The third-order valence-electron chi connectivity index (χ3n) is 3.97. The molecule has 1 rings (SSSR count). The van der Waals surface area contributed by atoms with Crippen molar-refractivity contribution < 1.29 is 9.31 Å². The van der Waals surface area contributed by atoms with E-state index in [4.69, 9.17) is 9.31 Å². The third kappa shape index (κ3) is 6.78. The fraction of sp³-hybridized carbons (Fsp3) is 1.00. The van der Waals surface area contributed by atoms with Gasteiger partial charge in [0.25, 0.3) is 0 Å². The summed E-state index contributed by atoms with van der Waals surface area (Å²) in [4.78, 5) is 2.61. The SMILES string of the molecule is CCCC(CCN1CCCCC1)B(OCC)OCC. The Labute approximate surface area is 120 Å². The lowest BCUT2D eigenvalue weighted by Gasteiger charge is -2.29. The van der Waals surface area contributed by atoms with Crippen LogP contribution in [0.1, 0.15) is 59.3 Å². The van der Waals surface area contributed by atoms with Crippen molar-refractivity contribution in [2.24, 2.45) is 0 Å². The highest BCUT2D eigenvalue weighted by Gasteiger charge is 2.29. The fourth-order valence-corrected chi connectivity index (χ4v) is 2.97. The van der Waals surface area contributed by atoms with Crippen molar-refractivity contribution in [1.29, 1.82) is 0 Å². The smallest absolute Gasteiger partial charge is 0.411 e. The highest BCUT2D eigenvalue weighted by atomic mass is 16.6. The highest BCUT2D eigenvalue weighted by molar-refractivity contribution is 6.46. The monoisotopic (exact) mass is 269 g/mol. The molecule has 0 spiro atoms. The van der Waals surface area contributed by atoms with Crippen molar-refractivity contribution in [3.8, 4) is 0 Å². The number of piperidine rings is 1. The van der Waals surface area contributed by atoms with Crippen LogP contribution in [0.15, 0.2) is 0 Å². The van der Waals surface area contributed by atoms with Gasteiger partial charge in [0.15, 0.2) is 0 Å². The molecule has 0 aromatic carbocycles. The van der Waals surface area contributed by atoms with Gasteiger partial charge in [0.1, 0.15) is 0 Å². The quantitative estimate of drug-likeness (QED) is 0.566. The summed E-state index contributed by atoms with van der Waals surface area (Å²) in [7, 11) is -0.000240. The van der Waals surface area contributed by atoms with E-state index in [0.29, 0.717) is 5.82 Å². The van der Waals surface area contributed by atoms with E-state index in [0.717, 1.165) is 13.2 Å². The second-order valence-electron chi connectivity index (χ2n) is 5.52. The highest BCUT2D eigenvalue weighted by Crippen LogP contribution is 2.24. The Kier molecular flexibility index (Phi) is 9.57. The van der Waals surface area contributed by atoms with Gasteiger partial charge in [-0.3, -0.25) is 0 Å². The van der Waals surface area contributed by atoms with E-state index in [2.05, 4.69) is 25.7 Å². The molecule has 0 saturated carbocycles. The summed E-state index contributed by atoms with van der Waals surface area (Å²) in [6, 6.07) is 0. The lowest BCUT2D eigenvalue weighted by Crippen LogP contribution is -2.35. The average molecular weight is 269 g/mol. The van der Waals surface area contributed by atoms with Gasteiger partial charge < -0.3 is 14.2 Å². The second kappa shape index (κ2) is 10.7. The van der Waals surface area contributed by atoms with Crippen molar-refractivity contribution >= 4 is 7.12 Å². The summed E-state index contributed by atoms with van der Waals surface area (Å²) in [6.07, 6.45) is 7.78. The minimum absolute atomic E-state index is 0.000240. The molecule has 0 aromatic rings. The van der Waals surface area contributed by atoms with Crippen LogP contribution in [0.4, 0.5) is 0 Å². The first-order valence-electron chi connectivity index (χ1n) is 8.27. The number of hydrogen-bond donors (Lipinski definition) is 0. The van der Waals surface area contributed by atoms with Crippen LogP contribution >= 0.6 is 0 Å². The van der Waals surface area contributed by atoms with Crippen LogP contribution in [0, 0.1) is 0 Å². The summed E-state index contributed by atoms with van der Waals surface area (Å²) >= 11 is 0. The van der Waals surface area contributed by atoms with Gasteiger partial charge in [-0.15, -0.1) is 0 Å². The second-order valence-corrected chi connectivity index (χ2v) is 5.52. The van der Waals surface area contributed by atoms with Gasteiger partial charge in [-0.25, -0.2) is 0 Å². The van der Waals surface area contributed by atoms with Crippen molar-refractivity contribution in [3.63, 3.8) is 0 Å². The number of likely N-dealkylation sites (tertiary alicyclic amines) is 1. The standard InChI is InChI=1S/C15H32BNO2/c1-4-10-15(16(18-5-2)19-6-3)11-14-17-12-8-7-9-13-17/h15H,4-14H2,1-3H3. The Morgan fingerprint density at radius 2 is 1.58 bits per heavy atom. The molecule has 0 amide bonds. The molecule has 1 aliphatic rings. The summed E-state index contributed by atoms with van der Waals surface area (Å²) in [5, 5.41) is 0. The number of rotatable bonds is 10. The van der Waals surface area contributed by atoms with E-state index in [1.807, 2.05) is 0 Å². The summed E-state index contributed by atoms with van der Waals surface area (Å²) < 4.78 is 11.6. The summed E-state index contributed by atoms with van der Waals surface area (Å²) in [5.41, 5.74) is 0. The number of nitrogens with zero attached hydrogens (tertiary/aromatic N) is 1. The van der Waals surface area contributed by atoms with Crippen LogP contribution in [0.3, 0.4) is 0 Å². The molecule has 0 aromatic heterocycles. The zero-order chi connectivity index (χ0) is 13.9. The predicted octanol–water partition coefficient (Wildman–Crippen LogP) is 3.59.